The molecule has 1 aliphatic carbocycles. The Bertz CT molecular complexity index is 510. The molecule has 0 aromatic heterocycles. The van der Waals surface area contributed by atoms with Gasteiger partial charge in [-0.05, 0) is 32.1 Å². The fourth-order valence-electron chi connectivity index (χ4n) is 2.77. The third kappa shape index (κ3) is 2.97. The van der Waals surface area contributed by atoms with Gasteiger partial charge < -0.3 is 10.2 Å². The Morgan fingerprint density at radius 3 is 2.45 bits per heavy atom. The second kappa shape index (κ2) is 5.35. The van der Waals surface area contributed by atoms with Gasteiger partial charge in [0.2, 0.25) is 11.8 Å². The van der Waals surface area contributed by atoms with E-state index in [1.165, 1.54) is 13.2 Å². The number of amides is 2. The Morgan fingerprint density at radius 2 is 1.95 bits per heavy atom. The van der Waals surface area contributed by atoms with Gasteiger partial charge in [-0.1, -0.05) is 0 Å². The number of hydrogen-bond donors (Lipinski definition) is 1. The number of carbonyl (C=O) groups is 2. The standard InChI is InChI=1S/C13H22N2O4S/c1-10(16)15-8-4-3-5-11(15)12(17)14-9-13(6-7-13)20(2,18)19/h11H,3-9H2,1-2H3,(H,14,17). The quantitative estimate of drug-likeness (QED) is 0.797. The van der Waals surface area contributed by atoms with Gasteiger partial charge in [0.05, 0.1) is 4.75 Å². The van der Waals surface area contributed by atoms with Gasteiger partial charge >= 0.3 is 0 Å². The first-order valence-corrected chi connectivity index (χ1v) is 8.90. The molecule has 0 aromatic carbocycles. The highest BCUT2D eigenvalue weighted by atomic mass is 32.2. The zero-order valence-corrected chi connectivity index (χ0v) is 12.8. The predicted octanol–water partition coefficient (Wildman–Crippen LogP) is 0.0808. The lowest BCUT2D eigenvalue weighted by atomic mass is 10.0. The van der Waals surface area contributed by atoms with Crippen molar-refractivity contribution in [2.75, 3.05) is 19.3 Å². The summed E-state index contributed by atoms with van der Waals surface area (Å²) in [5.74, 6) is -0.330. The average Bonchev–Trinajstić information content (AvgIpc) is 3.16. The van der Waals surface area contributed by atoms with Crippen LogP contribution in [0.2, 0.25) is 0 Å². The molecule has 2 fully saturated rings. The highest BCUT2D eigenvalue weighted by molar-refractivity contribution is 7.92. The third-order valence-corrected chi connectivity index (χ3v) is 6.51. The molecule has 114 valence electrons. The molecule has 1 heterocycles. The highest BCUT2D eigenvalue weighted by Gasteiger charge is 2.52. The van der Waals surface area contributed by atoms with Crippen LogP contribution in [0.5, 0.6) is 0 Å². The minimum atomic E-state index is -3.14. The van der Waals surface area contributed by atoms with E-state index in [-0.39, 0.29) is 18.4 Å². The summed E-state index contributed by atoms with van der Waals surface area (Å²) in [6, 6.07) is -0.448. The number of carbonyl (C=O) groups excluding carboxylic acids is 2. The molecule has 2 amide bonds. The molecule has 1 saturated carbocycles. The van der Waals surface area contributed by atoms with Crippen LogP contribution < -0.4 is 5.32 Å². The van der Waals surface area contributed by atoms with Gasteiger partial charge in [0.1, 0.15) is 6.04 Å². The van der Waals surface area contributed by atoms with Gasteiger partial charge in [-0.3, -0.25) is 9.59 Å². The molecule has 0 bridgehead atoms. The molecular formula is C13H22N2O4S. The summed E-state index contributed by atoms with van der Waals surface area (Å²) < 4.78 is 22.6. The summed E-state index contributed by atoms with van der Waals surface area (Å²) in [5, 5.41) is 2.73. The van der Waals surface area contributed by atoms with Crippen molar-refractivity contribution in [3.05, 3.63) is 0 Å². The second-order valence-corrected chi connectivity index (χ2v) is 8.31. The summed E-state index contributed by atoms with van der Waals surface area (Å²) >= 11 is 0. The Kier molecular flexibility index (Phi) is 4.09. The molecule has 2 rings (SSSR count). The van der Waals surface area contributed by atoms with Crippen LogP contribution in [0.4, 0.5) is 0 Å². The van der Waals surface area contributed by atoms with Crippen LogP contribution in [0.3, 0.4) is 0 Å². The van der Waals surface area contributed by atoms with Crippen molar-refractivity contribution in [3.8, 4) is 0 Å². The topological polar surface area (TPSA) is 83.6 Å². The van der Waals surface area contributed by atoms with E-state index in [2.05, 4.69) is 5.32 Å². The van der Waals surface area contributed by atoms with E-state index >= 15 is 0 Å². The third-order valence-electron chi connectivity index (χ3n) is 4.39. The Labute approximate surface area is 119 Å². The number of nitrogens with one attached hydrogen (secondary N) is 1. The SMILES string of the molecule is CC(=O)N1CCCCC1C(=O)NCC1(S(C)(=O)=O)CC1. The highest BCUT2D eigenvalue weighted by Crippen LogP contribution is 2.42. The van der Waals surface area contributed by atoms with Crippen molar-refractivity contribution in [2.45, 2.75) is 49.8 Å². The summed E-state index contributed by atoms with van der Waals surface area (Å²) in [7, 11) is -3.14. The Morgan fingerprint density at radius 1 is 1.30 bits per heavy atom. The number of rotatable bonds is 4. The molecule has 1 aliphatic heterocycles. The van der Waals surface area contributed by atoms with Crippen molar-refractivity contribution >= 4 is 21.7 Å². The fourth-order valence-corrected chi connectivity index (χ4v) is 3.94. The summed E-state index contributed by atoms with van der Waals surface area (Å²) in [4.78, 5) is 25.3. The van der Waals surface area contributed by atoms with Crippen molar-refractivity contribution in [1.29, 1.82) is 0 Å². The Balaban J connectivity index is 1.96. The number of hydrogen-bond acceptors (Lipinski definition) is 4. The molecule has 2 aliphatic rings. The normalized spacial score (nSPS) is 25.1. The zero-order chi connectivity index (χ0) is 15.0. The maximum absolute atomic E-state index is 12.2. The monoisotopic (exact) mass is 302 g/mol. The lowest BCUT2D eigenvalue weighted by Gasteiger charge is -2.34. The molecule has 1 atom stereocenters. The first-order chi connectivity index (χ1) is 9.27. The van der Waals surface area contributed by atoms with E-state index in [9.17, 15) is 18.0 Å². The molecule has 1 unspecified atom stereocenters. The maximum Gasteiger partial charge on any atom is 0.242 e. The summed E-state index contributed by atoms with van der Waals surface area (Å²) in [6.45, 7) is 2.22. The fraction of sp³-hybridized carbons (Fsp3) is 0.846. The van der Waals surface area contributed by atoms with Crippen molar-refractivity contribution in [2.24, 2.45) is 0 Å². The maximum atomic E-state index is 12.2. The predicted molar refractivity (Wildman–Crippen MR) is 74.8 cm³/mol. The van der Waals surface area contributed by atoms with Crippen molar-refractivity contribution in [3.63, 3.8) is 0 Å². The molecule has 0 spiro atoms. The van der Waals surface area contributed by atoms with Crippen molar-refractivity contribution < 1.29 is 18.0 Å². The number of sulfone groups is 1. The van der Waals surface area contributed by atoms with Crippen LogP contribution in [0, 0.1) is 0 Å². The van der Waals surface area contributed by atoms with Gasteiger partial charge in [0.15, 0.2) is 9.84 Å². The van der Waals surface area contributed by atoms with E-state index in [1.54, 1.807) is 4.90 Å². The molecule has 1 N–H and O–H groups in total. The summed E-state index contributed by atoms with van der Waals surface area (Å²) in [5.41, 5.74) is 0. The van der Waals surface area contributed by atoms with E-state index in [1.807, 2.05) is 0 Å². The lowest BCUT2D eigenvalue weighted by molar-refractivity contribution is -0.140. The van der Waals surface area contributed by atoms with Crippen LogP contribution in [0.25, 0.3) is 0 Å². The van der Waals surface area contributed by atoms with Gasteiger partial charge in [-0.15, -0.1) is 0 Å². The largest absolute Gasteiger partial charge is 0.353 e. The molecular weight excluding hydrogens is 280 g/mol. The Hall–Kier alpha value is -1.11. The number of piperidine rings is 1. The van der Waals surface area contributed by atoms with Crippen LogP contribution in [-0.4, -0.2) is 55.3 Å². The van der Waals surface area contributed by atoms with E-state index in [4.69, 9.17) is 0 Å². The molecule has 0 radical (unpaired) electrons. The van der Waals surface area contributed by atoms with Crippen LogP contribution >= 0.6 is 0 Å². The van der Waals surface area contributed by atoms with Gasteiger partial charge in [0, 0.05) is 26.3 Å². The second-order valence-electron chi connectivity index (χ2n) is 5.90. The van der Waals surface area contributed by atoms with E-state index in [0.29, 0.717) is 25.8 Å². The van der Waals surface area contributed by atoms with Crippen LogP contribution in [0.15, 0.2) is 0 Å². The van der Waals surface area contributed by atoms with Gasteiger partial charge in [0.25, 0.3) is 0 Å². The number of likely N-dealkylation sites (tertiary alicyclic amines) is 1. The first kappa shape index (κ1) is 15.3. The van der Waals surface area contributed by atoms with Crippen molar-refractivity contribution in [1.82, 2.24) is 10.2 Å². The molecule has 1 saturated heterocycles. The van der Waals surface area contributed by atoms with E-state index < -0.39 is 20.6 Å². The summed E-state index contributed by atoms with van der Waals surface area (Å²) in [6.07, 6.45) is 4.90. The van der Waals surface area contributed by atoms with Crippen LogP contribution in [-0.2, 0) is 19.4 Å². The van der Waals surface area contributed by atoms with Crippen LogP contribution in [0.1, 0.15) is 39.0 Å². The molecule has 20 heavy (non-hydrogen) atoms. The first-order valence-electron chi connectivity index (χ1n) is 7.01. The molecule has 0 aromatic rings. The average molecular weight is 302 g/mol. The smallest absolute Gasteiger partial charge is 0.242 e. The molecule has 6 nitrogen and oxygen atoms in total. The molecule has 7 heteroatoms. The minimum Gasteiger partial charge on any atom is -0.353 e. The lowest BCUT2D eigenvalue weighted by Crippen LogP contribution is -2.53. The zero-order valence-electron chi connectivity index (χ0n) is 12.0. The minimum absolute atomic E-state index is 0.103. The number of nitrogens with zero attached hydrogens (tertiary/aromatic N) is 1. The van der Waals surface area contributed by atoms with E-state index in [0.717, 1.165) is 12.8 Å². The van der Waals surface area contributed by atoms with Gasteiger partial charge in [-0.2, -0.15) is 0 Å². The van der Waals surface area contributed by atoms with Gasteiger partial charge in [-0.25, -0.2) is 8.42 Å².